The molecule has 0 saturated carbocycles. The number of aromatic carboxylic acids is 1. The molecule has 166 valence electrons. The highest BCUT2D eigenvalue weighted by Gasteiger charge is 2.30. The minimum absolute atomic E-state index is 0.0889. The quantitative estimate of drug-likeness (QED) is 0.426. The van der Waals surface area contributed by atoms with Gasteiger partial charge in [-0.3, -0.25) is 4.40 Å². The van der Waals surface area contributed by atoms with E-state index in [0.717, 1.165) is 12.1 Å². The summed E-state index contributed by atoms with van der Waals surface area (Å²) in [6, 6.07) is 16.6. The van der Waals surface area contributed by atoms with Crippen molar-refractivity contribution in [1.82, 2.24) is 9.38 Å². The van der Waals surface area contributed by atoms with Crippen LogP contribution in [0.4, 0.5) is 13.2 Å². The molecule has 1 N–H and O–H groups in total. The first-order valence-corrected chi connectivity index (χ1v) is 9.86. The van der Waals surface area contributed by atoms with Crippen molar-refractivity contribution >= 4 is 11.6 Å². The predicted octanol–water partition coefficient (Wildman–Crippen LogP) is 5.17. The summed E-state index contributed by atoms with van der Waals surface area (Å²) in [6.07, 6.45) is -2.68. The molecular formula is C25H17F3N2O3. The van der Waals surface area contributed by atoms with Crippen molar-refractivity contribution in [3.63, 3.8) is 0 Å². The third kappa shape index (κ3) is 5.22. The van der Waals surface area contributed by atoms with E-state index in [1.54, 1.807) is 34.9 Å². The van der Waals surface area contributed by atoms with E-state index < -0.39 is 17.7 Å². The van der Waals surface area contributed by atoms with E-state index in [1.165, 1.54) is 24.3 Å². The lowest BCUT2D eigenvalue weighted by Gasteiger charge is -2.06. The minimum Gasteiger partial charge on any atom is -0.478 e. The molecule has 0 fully saturated rings. The standard InChI is InChI=1S/C25H17F3N2O3/c26-25(27,28)20-8-4-5-17(14-20)10-11-22-21(29-23-9-1-2-12-30(22)23)16-33-15-18-6-3-7-19(13-18)24(31)32/h1-9,12-14H,15-16H2,(H,31,32). The summed E-state index contributed by atoms with van der Waals surface area (Å²) < 4.78 is 46.5. The van der Waals surface area contributed by atoms with Crippen LogP contribution in [0.15, 0.2) is 72.9 Å². The second-order valence-electron chi connectivity index (χ2n) is 7.16. The van der Waals surface area contributed by atoms with Crippen molar-refractivity contribution in [2.75, 3.05) is 0 Å². The lowest BCUT2D eigenvalue weighted by molar-refractivity contribution is -0.137. The Hall–Kier alpha value is -4.09. The first kappa shape index (κ1) is 22.1. The molecule has 33 heavy (non-hydrogen) atoms. The van der Waals surface area contributed by atoms with Crippen LogP contribution in [-0.4, -0.2) is 20.5 Å². The molecule has 0 aliphatic rings. The zero-order valence-corrected chi connectivity index (χ0v) is 17.1. The number of pyridine rings is 1. The SMILES string of the molecule is O=C(O)c1cccc(COCc2nc3ccccn3c2C#Cc2cccc(C(F)(F)F)c2)c1. The maximum atomic E-state index is 13.0. The van der Waals surface area contributed by atoms with E-state index in [1.807, 2.05) is 6.07 Å². The number of rotatable bonds is 5. The van der Waals surface area contributed by atoms with E-state index in [0.29, 0.717) is 22.6 Å². The number of nitrogens with zero attached hydrogens (tertiary/aromatic N) is 2. The first-order valence-electron chi connectivity index (χ1n) is 9.86. The number of benzene rings is 2. The number of carbonyl (C=O) groups is 1. The largest absolute Gasteiger partial charge is 0.478 e. The number of carboxylic acid groups (broad SMARTS) is 1. The van der Waals surface area contributed by atoms with Gasteiger partial charge in [0.2, 0.25) is 0 Å². The van der Waals surface area contributed by atoms with Crippen LogP contribution in [0.5, 0.6) is 0 Å². The summed E-state index contributed by atoms with van der Waals surface area (Å²) in [5.74, 6) is 4.69. The number of halogens is 3. The maximum absolute atomic E-state index is 13.0. The van der Waals surface area contributed by atoms with E-state index in [-0.39, 0.29) is 24.3 Å². The molecule has 0 unspecified atom stereocenters. The maximum Gasteiger partial charge on any atom is 0.416 e. The zero-order chi connectivity index (χ0) is 23.4. The highest BCUT2D eigenvalue weighted by atomic mass is 19.4. The lowest BCUT2D eigenvalue weighted by atomic mass is 10.1. The monoisotopic (exact) mass is 450 g/mol. The Labute approximate surface area is 187 Å². The van der Waals surface area contributed by atoms with Gasteiger partial charge >= 0.3 is 12.1 Å². The van der Waals surface area contributed by atoms with E-state index in [9.17, 15) is 18.0 Å². The van der Waals surface area contributed by atoms with Gasteiger partial charge in [0.25, 0.3) is 0 Å². The molecule has 2 aromatic carbocycles. The normalized spacial score (nSPS) is 11.2. The number of alkyl halides is 3. The summed E-state index contributed by atoms with van der Waals surface area (Å²) in [5.41, 5.74) is 1.97. The van der Waals surface area contributed by atoms with Gasteiger partial charge in [-0.15, -0.1) is 0 Å². The number of hydrogen-bond donors (Lipinski definition) is 1. The topological polar surface area (TPSA) is 63.8 Å². The van der Waals surface area contributed by atoms with E-state index in [2.05, 4.69) is 16.8 Å². The van der Waals surface area contributed by atoms with Gasteiger partial charge in [0.15, 0.2) is 0 Å². The molecule has 2 heterocycles. The molecule has 0 spiro atoms. The Morgan fingerprint density at radius 1 is 1.00 bits per heavy atom. The highest BCUT2D eigenvalue weighted by molar-refractivity contribution is 5.87. The smallest absolute Gasteiger partial charge is 0.416 e. The molecule has 5 nitrogen and oxygen atoms in total. The number of fused-ring (bicyclic) bond motifs is 1. The molecule has 0 aliphatic carbocycles. The minimum atomic E-state index is -4.45. The van der Waals surface area contributed by atoms with Crippen LogP contribution in [0.25, 0.3) is 5.65 Å². The molecule has 0 atom stereocenters. The number of ether oxygens (including phenoxy) is 1. The number of imidazole rings is 1. The van der Waals surface area contributed by atoms with E-state index >= 15 is 0 Å². The highest BCUT2D eigenvalue weighted by Crippen LogP contribution is 2.29. The van der Waals surface area contributed by atoms with Crippen LogP contribution >= 0.6 is 0 Å². The summed E-state index contributed by atoms with van der Waals surface area (Å²) in [6.45, 7) is 0.251. The molecular weight excluding hydrogens is 433 g/mol. The van der Waals surface area contributed by atoms with Crippen LogP contribution in [-0.2, 0) is 24.1 Å². The fraction of sp³-hybridized carbons (Fsp3) is 0.120. The first-order chi connectivity index (χ1) is 15.8. The van der Waals surface area contributed by atoms with Gasteiger partial charge in [-0.05, 0) is 53.9 Å². The lowest BCUT2D eigenvalue weighted by Crippen LogP contribution is -2.04. The second-order valence-corrected chi connectivity index (χ2v) is 7.16. The van der Waals surface area contributed by atoms with Gasteiger partial charge in [0.1, 0.15) is 17.0 Å². The van der Waals surface area contributed by atoms with Gasteiger partial charge in [0, 0.05) is 11.8 Å². The molecule has 0 aliphatic heterocycles. The van der Waals surface area contributed by atoms with Crippen LogP contribution in [0.2, 0.25) is 0 Å². The molecule has 4 rings (SSSR count). The van der Waals surface area contributed by atoms with Gasteiger partial charge in [-0.2, -0.15) is 13.2 Å². The van der Waals surface area contributed by atoms with Crippen molar-refractivity contribution in [2.45, 2.75) is 19.4 Å². The predicted molar refractivity (Wildman–Crippen MR) is 115 cm³/mol. The average molecular weight is 450 g/mol. The number of carboxylic acids is 1. The zero-order valence-electron chi connectivity index (χ0n) is 17.1. The molecule has 2 aromatic heterocycles. The molecule has 0 saturated heterocycles. The average Bonchev–Trinajstić information content (AvgIpc) is 3.15. The Bertz CT molecular complexity index is 1380. The number of aromatic nitrogens is 2. The molecule has 0 radical (unpaired) electrons. The van der Waals surface area contributed by atoms with Crippen LogP contribution in [0.3, 0.4) is 0 Å². The van der Waals surface area contributed by atoms with E-state index in [4.69, 9.17) is 9.84 Å². The summed E-state index contributed by atoms with van der Waals surface area (Å²) >= 11 is 0. The van der Waals surface area contributed by atoms with Crippen molar-refractivity contribution in [2.24, 2.45) is 0 Å². The van der Waals surface area contributed by atoms with Crippen molar-refractivity contribution < 1.29 is 27.8 Å². The Balaban J connectivity index is 1.59. The fourth-order valence-corrected chi connectivity index (χ4v) is 3.24. The second kappa shape index (κ2) is 9.18. The molecule has 0 bridgehead atoms. The third-order valence-electron chi connectivity index (χ3n) is 4.80. The molecule has 0 amide bonds. The van der Waals surface area contributed by atoms with Crippen LogP contribution in [0.1, 0.15) is 38.4 Å². The molecule has 8 heteroatoms. The summed E-state index contributed by atoms with van der Waals surface area (Å²) in [4.78, 5) is 15.6. The van der Waals surface area contributed by atoms with Crippen molar-refractivity contribution in [3.8, 4) is 11.8 Å². The third-order valence-corrected chi connectivity index (χ3v) is 4.80. The van der Waals surface area contributed by atoms with Gasteiger partial charge < -0.3 is 9.84 Å². The Morgan fingerprint density at radius 3 is 2.61 bits per heavy atom. The van der Waals surface area contributed by atoms with Gasteiger partial charge in [-0.1, -0.05) is 30.2 Å². The Kier molecular flexibility index (Phi) is 6.16. The fourth-order valence-electron chi connectivity index (χ4n) is 3.24. The van der Waals surface area contributed by atoms with Crippen molar-refractivity contribution in [1.29, 1.82) is 0 Å². The van der Waals surface area contributed by atoms with Crippen LogP contribution < -0.4 is 0 Å². The van der Waals surface area contributed by atoms with Crippen molar-refractivity contribution in [3.05, 3.63) is 107 Å². The summed E-state index contributed by atoms with van der Waals surface area (Å²) in [7, 11) is 0. The van der Waals surface area contributed by atoms with Crippen LogP contribution in [0, 0.1) is 11.8 Å². The molecule has 4 aromatic rings. The van der Waals surface area contributed by atoms with Gasteiger partial charge in [-0.25, -0.2) is 9.78 Å². The number of hydrogen-bond acceptors (Lipinski definition) is 3. The van der Waals surface area contributed by atoms with Gasteiger partial charge in [0.05, 0.1) is 24.3 Å². The summed E-state index contributed by atoms with van der Waals surface area (Å²) in [5, 5.41) is 9.11. The Morgan fingerprint density at radius 2 is 1.82 bits per heavy atom.